The van der Waals surface area contributed by atoms with E-state index >= 15 is 0 Å². The summed E-state index contributed by atoms with van der Waals surface area (Å²) in [6.45, 7) is 12.8. The molecule has 0 bridgehead atoms. The standard InChI is InChI=1S/C21H36N4O/c1-5-22-20(23-15-19(17(2)3)25-13-9-10-14-25)24-16-21(4,26)18-11-7-6-8-12-18/h6-8,11-12,17,19,26H,5,9-10,13-16H2,1-4H3,(H2,22,23,24). The summed E-state index contributed by atoms with van der Waals surface area (Å²) in [4.78, 5) is 7.23. The number of aliphatic imine (C=N–C) groups is 1. The third kappa shape index (κ3) is 5.99. The highest BCUT2D eigenvalue weighted by Crippen LogP contribution is 2.20. The minimum atomic E-state index is -0.976. The first-order chi connectivity index (χ1) is 12.4. The normalized spacial score (nSPS) is 19.4. The molecule has 1 aliphatic rings. The first-order valence-corrected chi connectivity index (χ1v) is 9.98. The Hall–Kier alpha value is -1.59. The molecule has 5 heteroatoms. The molecule has 0 saturated carbocycles. The van der Waals surface area contributed by atoms with Gasteiger partial charge in [-0.3, -0.25) is 4.90 Å². The maximum absolute atomic E-state index is 10.8. The molecule has 2 unspecified atom stereocenters. The number of hydrogen-bond acceptors (Lipinski definition) is 3. The zero-order valence-electron chi connectivity index (χ0n) is 16.8. The summed E-state index contributed by atoms with van der Waals surface area (Å²) in [5.41, 5.74) is -0.0903. The van der Waals surface area contributed by atoms with E-state index in [-0.39, 0.29) is 0 Å². The molecule has 0 spiro atoms. The van der Waals surface area contributed by atoms with Crippen LogP contribution in [0, 0.1) is 5.92 Å². The molecule has 1 aromatic rings. The van der Waals surface area contributed by atoms with E-state index < -0.39 is 5.60 Å². The Labute approximate surface area is 158 Å². The Balaban J connectivity index is 1.99. The molecular formula is C21H36N4O. The second-order valence-corrected chi connectivity index (χ2v) is 7.77. The fourth-order valence-electron chi connectivity index (χ4n) is 3.52. The summed E-state index contributed by atoms with van der Waals surface area (Å²) >= 11 is 0. The third-order valence-electron chi connectivity index (χ3n) is 5.14. The number of hydrogen-bond donors (Lipinski definition) is 3. The average molecular weight is 361 g/mol. The highest BCUT2D eigenvalue weighted by atomic mass is 16.3. The van der Waals surface area contributed by atoms with Gasteiger partial charge in [-0.25, -0.2) is 4.99 Å². The van der Waals surface area contributed by atoms with E-state index in [1.54, 1.807) is 0 Å². The number of nitrogens with zero attached hydrogens (tertiary/aromatic N) is 2. The lowest BCUT2D eigenvalue weighted by Gasteiger charge is -2.31. The van der Waals surface area contributed by atoms with Crippen LogP contribution in [0.4, 0.5) is 0 Å². The molecule has 2 atom stereocenters. The fourth-order valence-corrected chi connectivity index (χ4v) is 3.52. The summed E-state index contributed by atoms with van der Waals surface area (Å²) in [6.07, 6.45) is 2.61. The summed E-state index contributed by atoms with van der Waals surface area (Å²) in [6, 6.07) is 10.2. The minimum absolute atomic E-state index is 0.322. The van der Waals surface area contributed by atoms with Crippen LogP contribution in [0.2, 0.25) is 0 Å². The number of nitrogens with one attached hydrogen (secondary N) is 2. The molecule has 2 rings (SSSR count). The Morgan fingerprint density at radius 2 is 1.85 bits per heavy atom. The van der Waals surface area contributed by atoms with Crippen molar-refractivity contribution in [2.24, 2.45) is 10.9 Å². The maximum Gasteiger partial charge on any atom is 0.191 e. The smallest absolute Gasteiger partial charge is 0.191 e. The number of aliphatic hydroxyl groups is 1. The number of likely N-dealkylation sites (tertiary alicyclic amines) is 1. The van der Waals surface area contributed by atoms with Crippen LogP contribution in [0.5, 0.6) is 0 Å². The minimum Gasteiger partial charge on any atom is -0.384 e. The molecule has 5 nitrogen and oxygen atoms in total. The van der Waals surface area contributed by atoms with Crippen molar-refractivity contribution in [3.63, 3.8) is 0 Å². The van der Waals surface area contributed by atoms with Crippen LogP contribution in [0.15, 0.2) is 35.3 Å². The van der Waals surface area contributed by atoms with E-state index in [9.17, 15) is 5.11 Å². The van der Waals surface area contributed by atoms with Crippen LogP contribution in [-0.2, 0) is 5.60 Å². The number of guanidine groups is 1. The Morgan fingerprint density at radius 1 is 1.19 bits per heavy atom. The maximum atomic E-state index is 10.8. The molecule has 146 valence electrons. The molecule has 0 aromatic heterocycles. The third-order valence-corrected chi connectivity index (χ3v) is 5.14. The molecule has 1 fully saturated rings. The van der Waals surface area contributed by atoms with Crippen molar-refractivity contribution in [1.82, 2.24) is 15.5 Å². The molecule has 1 saturated heterocycles. The van der Waals surface area contributed by atoms with Gasteiger partial charge in [-0.1, -0.05) is 44.2 Å². The van der Waals surface area contributed by atoms with Crippen molar-refractivity contribution in [3.05, 3.63) is 35.9 Å². The van der Waals surface area contributed by atoms with Gasteiger partial charge in [0, 0.05) is 19.1 Å². The number of benzene rings is 1. The fraction of sp³-hybridized carbons (Fsp3) is 0.667. The van der Waals surface area contributed by atoms with Crippen molar-refractivity contribution < 1.29 is 5.11 Å². The predicted molar refractivity (Wildman–Crippen MR) is 109 cm³/mol. The van der Waals surface area contributed by atoms with Crippen molar-refractivity contribution in [1.29, 1.82) is 0 Å². The largest absolute Gasteiger partial charge is 0.384 e. The summed E-state index contributed by atoms with van der Waals surface area (Å²) < 4.78 is 0. The first kappa shape index (κ1) is 20.7. The summed E-state index contributed by atoms with van der Waals surface area (Å²) in [5.74, 6) is 1.37. The quantitative estimate of drug-likeness (QED) is 0.493. The second kappa shape index (κ2) is 9.93. The van der Waals surface area contributed by atoms with Crippen LogP contribution >= 0.6 is 0 Å². The topological polar surface area (TPSA) is 59.9 Å². The predicted octanol–water partition coefficient (Wildman–Crippen LogP) is 2.57. The lowest BCUT2D eigenvalue weighted by molar-refractivity contribution is 0.0672. The molecule has 1 aliphatic heterocycles. The molecule has 3 N–H and O–H groups in total. The molecule has 0 amide bonds. The molecule has 0 aliphatic carbocycles. The molecule has 26 heavy (non-hydrogen) atoms. The lowest BCUT2D eigenvalue weighted by Crippen LogP contribution is -2.49. The highest BCUT2D eigenvalue weighted by Gasteiger charge is 2.25. The van der Waals surface area contributed by atoms with E-state index in [1.807, 2.05) is 37.3 Å². The van der Waals surface area contributed by atoms with E-state index in [0.29, 0.717) is 18.5 Å². The van der Waals surface area contributed by atoms with Gasteiger partial charge in [0.1, 0.15) is 5.60 Å². The van der Waals surface area contributed by atoms with E-state index in [1.165, 1.54) is 25.9 Å². The second-order valence-electron chi connectivity index (χ2n) is 7.77. The van der Waals surface area contributed by atoms with E-state index in [2.05, 4.69) is 41.3 Å². The Kier molecular flexibility index (Phi) is 7.91. The van der Waals surface area contributed by atoms with Gasteiger partial charge in [0.15, 0.2) is 5.96 Å². The zero-order chi connectivity index (χ0) is 19.0. The van der Waals surface area contributed by atoms with E-state index in [4.69, 9.17) is 0 Å². The van der Waals surface area contributed by atoms with Crippen molar-refractivity contribution >= 4 is 5.96 Å². The first-order valence-electron chi connectivity index (χ1n) is 9.98. The molecule has 1 aromatic carbocycles. The van der Waals surface area contributed by atoms with E-state index in [0.717, 1.165) is 24.6 Å². The van der Waals surface area contributed by atoms with Crippen LogP contribution < -0.4 is 10.6 Å². The summed E-state index contributed by atoms with van der Waals surface area (Å²) in [7, 11) is 0. The Morgan fingerprint density at radius 3 is 2.42 bits per heavy atom. The number of rotatable bonds is 8. The van der Waals surface area contributed by atoms with Gasteiger partial charge >= 0.3 is 0 Å². The van der Waals surface area contributed by atoms with Crippen molar-refractivity contribution in [2.45, 2.75) is 52.2 Å². The van der Waals surface area contributed by atoms with Crippen LogP contribution in [0.25, 0.3) is 0 Å². The van der Waals surface area contributed by atoms with Gasteiger partial charge in [-0.15, -0.1) is 0 Å². The van der Waals surface area contributed by atoms with Crippen LogP contribution in [0.1, 0.15) is 46.1 Å². The average Bonchev–Trinajstić information content (AvgIpc) is 3.14. The molecule has 0 radical (unpaired) electrons. The van der Waals surface area contributed by atoms with Crippen LogP contribution in [0.3, 0.4) is 0 Å². The van der Waals surface area contributed by atoms with Gasteiger partial charge < -0.3 is 15.7 Å². The molecule has 1 heterocycles. The van der Waals surface area contributed by atoms with Gasteiger partial charge in [0.2, 0.25) is 0 Å². The van der Waals surface area contributed by atoms with Gasteiger partial charge in [0.05, 0.1) is 6.54 Å². The van der Waals surface area contributed by atoms with Gasteiger partial charge in [0.25, 0.3) is 0 Å². The highest BCUT2D eigenvalue weighted by molar-refractivity contribution is 5.79. The van der Waals surface area contributed by atoms with Crippen LogP contribution in [-0.4, -0.2) is 54.7 Å². The van der Waals surface area contributed by atoms with Crippen molar-refractivity contribution in [3.8, 4) is 0 Å². The Bertz CT molecular complexity index is 550. The summed E-state index contributed by atoms with van der Waals surface area (Å²) in [5, 5.41) is 17.6. The lowest BCUT2D eigenvalue weighted by atomic mass is 9.96. The zero-order valence-corrected chi connectivity index (χ0v) is 16.8. The monoisotopic (exact) mass is 360 g/mol. The van der Waals surface area contributed by atoms with Crippen molar-refractivity contribution in [2.75, 3.05) is 32.7 Å². The van der Waals surface area contributed by atoms with Gasteiger partial charge in [-0.05, 0) is 51.3 Å². The SMILES string of the molecule is CCNC(=NCC(C)(O)c1ccccc1)NCC(C(C)C)N1CCCC1. The molecular weight excluding hydrogens is 324 g/mol. The van der Waals surface area contributed by atoms with Gasteiger partial charge in [-0.2, -0.15) is 0 Å².